The van der Waals surface area contributed by atoms with Crippen molar-refractivity contribution >= 4 is 27.9 Å². The molecule has 0 aromatic carbocycles. The fourth-order valence-electron chi connectivity index (χ4n) is 3.51. The topological polar surface area (TPSA) is 43.4 Å². The highest BCUT2D eigenvalue weighted by molar-refractivity contribution is 9.09. The highest BCUT2D eigenvalue weighted by Crippen LogP contribution is 2.21. The number of unbranched alkanes of at least 4 members (excludes halogenated alkanes) is 12. The van der Waals surface area contributed by atoms with Crippen LogP contribution in [0.25, 0.3) is 0 Å². The number of alkyl halides is 1. The van der Waals surface area contributed by atoms with Crippen LogP contribution < -0.4 is 0 Å². The normalized spacial score (nSPS) is 12.1. The monoisotopic (exact) mass is 460 g/mol. The van der Waals surface area contributed by atoms with Gasteiger partial charge in [0.1, 0.15) is 0 Å². The van der Waals surface area contributed by atoms with E-state index in [-0.39, 0.29) is 17.9 Å². The van der Waals surface area contributed by atoms with Crippen LogP contribution in [0, 0.1) is 5.92 Å². The zero-order chi connectivity index (χ0) is 20.9. The van der Waals surface area contributed by atoms with E-state index in [4.69, 9.17) is 4.74 Å². The fraction of sp³-hybridized carbons (Fsp3) is 0.917. The summed E-state index contributed by atoms with van der Waals surface area (Å²) in [6.45, 7) is 4.42. The second-order valence-corrected chi connectivity index (χ2v) is 8.90. The van der Waals surface area contributed by atoms with Crippen LogP contribution in [-0.4, -0.2) is 17.3 Å². The molecule has 0 radical (unpaired) electrons. The summed E-state index contributed by atoms with van der Waals surface area (Å²) in [7, 11) is 0. The molecule has 166 valence electrons. The smallest absolute Gasteiger partial charge is 0.316 e. The predicted octanol–water partition coefficient (Wildman–Crippen LogP) is 8.13. The predicted molar refractivity (Wildman–Crippen MR) is 123 cm³/mol. The van der Waals surface area contributed by atoms with Crippen LogP contribution in [0.3, 0.4) is 0 Å². The van der Waals surface area contributed by atoms with Crippen LogP contribution in [-0.2, 0) is 14.3 Å². The fourth-order valence-corrected chi connectivity index (χ4v) is 3.91. The number of hydrogen-bond donors (Lipinski definition) is 0. The lowest BCUT2D eigenvalue weighted by Crippen LogP contribution is -2.21. The average molecular weight is 462 g/mol. The van der Waals surface area contributed by atoms with Crippen LogP contribution >= 0.6 is 15.9 Å². The van der Waals surface area contributed by atoms with Crippen LogP contribution in [0.2, 0.25) is 0 Å². The third kappa shape index (κ3) is 17.7. The third-order valence-electron chi connectivity index (χ3n) is 5.37. The number of halogens is 1. The summed E-state index contributed by atoms with van der Waals surface area (Å²) in [5.41, 5.74) is 0. The van der Waals surface area contributed by atoms with E-state index in [1.165, 1.54) is 64.2 Å². The minimum Gasteiger partial charge on any atom is -0.393 e. The summed E-state index contributed by atoms with van der Waals surface area (Å²) in [5.74, 6) is -0.688. The lowest BCUT2D eigenvalue weighted by atomic mass is 9.94. The SMILES string of the molecule is CCCCCCCCC(CCCCCC)C(=O)OC(=O)CCCCCCCBr. The van der Waals surface area contributed by atoms with Gasteiger partial charge in [-0.3, -0.25) is 9.59 Å². The molecule has 0 aliphatic carbocycles. The van der Waals surface area contributed by atoms with E-state index in [2.05, 4.69) is 29.8 Å². The van der Waals surface area contributed by atoms with E-state index in [1.54, 1.807) is 0 Å². The number of carbonyl (C=O) groups is 2. The maximum absolute atomic E-state index is 12.5. The summed E-state index contributed by atoms with van der Waals surface area (Å²) >= 11 is 3.43. The van der Waals surface area contributed by atoms with Gasteiger partial charge in [0.15, 0.2) is 0 Å². The highest BCUT2D eigenvalue weighted by Gasteiger charge is 2.22. The first-order valence-electron chi connectivity index (χ1n) is 12.0. The molecule has 3 nitrogen and oxygen atoms in total. The first kappa shape index (κ1) is 27.6. The number of esters is 2. The van der Waals surface area contributed by atoms with Crippen molar-refractivity contribution in [2.75, 3.05) is 5.33 Å². The largest absolute Gasteiger partial charge is 0.393 e. The lowest BCUT2D eigenvalue weighted by molar-refractivity contribution is -0.163. The molecule has 0 aromatic rings. The number of carbonyl (C=O) groups excluding carboxylic acids is 2. The standard InChI is InChI=1S/C24H45BrO3/c1-3-5-7-9-11-15-19-22(18-14-8-6-4-2)24(27)28-23(26)20-16-12-10-13-17-21-25/h22H,3-21H2,1-2H3. The summed E-state index contributed by atoms with van der Waals surface area (Å²) in [5, 5.41) is 1.04. The van der Waals surface area contributed by atoms with E-state index >= 15 is 0 Å². The molecule has 4 heteroatoms. The van der Waals surface area contributed by atoms with Gasteiger partial charge < -0.3 is 4.74 Å². The Labute approximate surface area is 182 Å². The van der Waals surface area contributed by atoms with E-state index in [9.17, 15) is 9.59 Å². The average Bonchev–Trinajstić information content (AvgIpc) is 2.68. The first-order valence-corrected chi connectivity index (χ1v) is 13.1. The number of hydrogen-bond acceptors (Lipinski definition) is 3. The van der Waals surface area contributed by atoms with Gasteiger partial charge in [0.25, 0.3) is 0 Å². The molecule has 0 spiro atoms. The van der Waals surface area contributed by atoms with E-state index in [0.717, 1.165) is 50.3 Å². The van der Waals surface area contributed by atoms with Crippen molar-refractivity contribution in [2.45, 2.75) is 129 Å². The first-order chi connectivity index (χ1) is 13.7. The lowest BCUT2D eigenvalue weighted by Gasteiger charge is -2.15. The van der Waals surface area contributed by atoms with E-state index in [1.807, 2.05) is 0 Å². The van der Waals surface area contributed by atoms with Gasteiger partial charge in [-0.1, -0.05) is 113 Å². The summed E-state index contributed by atoms with van der Waals surface area (Å²) in [4.78, 5) is 24.5. The zero-order valence-corrected chi connectivity index (χ0v) is 20.2. The van der Waals surface area contributed by atoms with Crippen molar-refractivity contribution < 1.29 is 14.3 Å². The van der Waals surface area contributed by atoms with Crippen molar-refractivity contribution in [1.82, 2.24) is 0 Å². The molecule has 1 unspecified atom stereocenters. The Bertz CT molecular complexity index is 371. The second kappa shape index (κ2) is 21.3. The number of rotatable bonds is 20. The summed E-state index contributed by atoms with van der Waals surface area (Å²) in [6.07, 6.45) is 19.5. The van der Waals surface area contributed by atoms with Gasteiger partial charge in [-0.2, -0.15) is 0 Å². The third-order valence-corrected chi connectivity index (χ3v) is 5.94. The summed E-state index contributed by atoms with van der Waals surface area (Å²) in [6, 6.07) is 0. The maximum Gasteiger partial charge on any atom is 0.316 e. The van der Waals surface area contributed by atoms with E-state index in [0.29, 0.717) is 6.42 Å². The molecule has 0 aliphatic heterocycles. The Morgan fingerprint density at radius 2 is 1.14 bits per heavy atom. The maximum atomic E-state index is 12.5. The zero-order valence-electron chi connectivity index (χ0n) is 18.6. The van der Waals surface area contributed by atoms with E-state index < -0.39 is 0 Å². The molecule has 0 saturated heterocycles. The van der Waals surface area contributed by atoms with Crippen LogP contribution in [0.15, 0.2) is 0 Å². The van der Waals surface area contributed by atoms with Crippen molar-refractivity contribution in [3.8, 4) is 0 Å². The quantitative estimate of drug-likeness (QED) is 0.0795. The van der Waals surface area contributed by atoms with Gasteiger partial charge in [0, 0.05) is 11.8 Å². The van der Waals surface area contributed by atoms with Crippen molar-refractivity contribution in [2.24, 2.45) is 5.92 Å². The molecular formula is C24H45BrO3. The Balaban J connectivity index is 4.15. The molecule has 0 amide bonds. The van der Waals surface area contributed by atoms with Gasteiger partial charge in [0.05, 0.1) is 5.92 Å². The molecule has 28 heavy (non-hydrogen) atoms. The Morgan fingerprint density at radius 1 is 0.679 bits per heavy atom. The molecular weight excluding hydrogens is 416 g/mol. The molecule has 0 heterocycles. The minimum atomic E-state index is -0.327. The second-order valence-electron chi connectivity index (χ2n) is 8.10. The molecule has 0 bridgehead atoms. The molecule has 0 saturated carbocycles. The van der Waals surface area contributed by atoms with Gasteiger partial charge >= 0.3 is 11.9 Å². The number of ether oxygens (including phenoxy) is 1. The molecule has 0 aliphatic rings. The molecule has 0 aromatic heterocycles. The Morgan fingerprint density at radius 3 is 1.71 bits per heavy atom. The van der Waals surface area contributed by atoms with Gasteiger partial charge in [-0.15, -0.1) is 0 Å². The molecule has 1 atom stereocenters. The van der Waals surface area contributed by atoms with Gasteiger partial charge in [0.2, 0.25) is 0 Å². The minimum absolute atomic E-state index is 0.0917. The summed E-state index contributed by atoms with van der Waals surface area (Å²) < 4.78 is 5.21. The van der Waals surface area contributed by atoms with Crippen molar-refractivity contribution in [3.05, 3.63) is 0 Å². The molecule has 0 N–H and O–H groups in total. The van der Waals surface area contributed by atoms with Gasteiger partial charge in [-0.05, 0) is 25.7 Å². The van der Waals surface area contributed by atoms with Crippen molar-refractivity contribution in [1.29, 1.82) is 0 Å². The van der Waals surface area contributed by atoms with Gasteiger partial charge in [-0.25, -0.2) is 0 Å². The van der Waals surface area contributed by atoms with Crippen LogP contribution in [0.1, 0.15) is 129 Å². The van der Waals surface area contributed by atoms with Crippen LogP contribution in [0.4, 0.5) is 0 Å². The Kier molecular flexibility index (Phi) is 21.0. The van der Waals surface area contributed by atoms with Crippen LogP contribution in [0.5, 0.6) is 0 Å². The Hall–Kier alpha value is -0.380. The molecule has 0 fully saturated rings. The van der Waals surface area contributed by atoms with Crippen molar-refractivity contribution in [3.63, 3.8) is 0 Å². The highest BCUT2D eigenvalue weighted by atomic mass is 79.9. The molecule has 0 rings (SSSR count).